The van der Waals surface area contributed by atoms with E-state index in [0.29, 0.717) is 24.9 Å². The summed E-state index contributed by atoms with van der Waals surface area (Å²) >= 11 is 1.70. The van der Waals surface area contributed by atoms with E-state index in [4.69, 9.17) is 4.98 Å². The molecule has 2 unspecified atom stereocenters. The molecule has 31 heavy (non-hydrogen) atoms. The highest BCUT2D eigenvalue weighted by Gasteiger charge is 2.28. The number of hydrogen-bond donors (Lipinski definition) is 1. The van der Waals surface area contributed by atoms with Crippen molar-refractivity contribution in [3.8, 4) is 0 Å². The number of thiazole rings is 1. The summed E-state index contributed by atoms with van der Waals surface area (Å²) in [5.41, 5.74) is 1.22. The van der Waals surface area contributed by atoms with Gasteiger partial charge in [0.1, 0.15) is 5.01 Å². The SMILES string of the molecule is CN=C(NCc1nc(C(C)(C)C)cs1)N1CCN(CC(=O)N2CC(C)CC(C)C2)CC1. The first-order chi connectivity index (χ1) is 14.7. The Morgan fingerprint density at radius 2 is 1.81 bits per heavy atom. The predicted molar refractivity (Wildman–Crippen MR) is 129 cm³/mol. The molecule has 0 aromatic carbocycles. The van der Waals surface area contributed by atoms with Gasteiger partial charge in [-0.2, -0.15) is 0 Å². The molecule has 1 amide bonds. The van der Waals surface area contributed by atoms with Gasteiger partial charge in [-0.3, -0.25) is 14.7 Å². The van der Waals surface area contributed by atoms with Crippen molar-refractivity contribution in [2.45, 2.75) is 53.0 Å². The van der Waals surface area contributed by atoms with E-state index in [9.17, 15) is 4.79 Å². The summed E-state index contributed by atoms with van der Waals surface area (Å²) in [5, 5.41) is 6.70. The number of hydrogen-bond acceptors (Lipinski definition) is 5. The third kappa shape index (κ3) is 6.65. The molecule has 1 aromatic rings. The fourth-order valence-electron chi connectivity index (χ4n) is 4.50. The average Bonchev–Trinajstić information content (AvgIpc) is 3.18. The molecule has 1 aromatic heterocycles. The van der Waals surface area contributed by atoms with Crippen LogP contribution in [0.5, 0.6) is 0 Å². The van der Waals surface area contributed by atoms with E-state index in [2.05, 4.69) is 65.0 Å². The van der Waals surface area contributed by atoms with Gasteiger partial charge in [0.25, 0.3) is 0 Å². The largest absolute Gasteiger partial charge is 0.350 e. The number of carbonyl (C=O) groups is 1. The van der Waals surface area contributed by atoms with E-state index < -0.39 is 0 Å². The number of rotatable bonds is 4. The Labute approximate surface area is 191 Å². The van der Waals surface area contributed by atoms with Crippen LogP contribution in [0, 0.1) is 11.8 Å². The van der Waals surface area contributed by atoms with Crippen LogP contribution in [0.2, 0.25) is 0 Å². The molecule has 2 fully saturated rings. The molecule has 7 nitrogen and oxygen atoms in total. The lowest BCUT2D eigenvalue weighted by molar-refractivity contribution is -0.135. The summed E-state index contributed by atoms with van der Waals surface area (Å²) in [7, 11) is 1.83. The molecule has 0 spiro atoms. The maximum absolute atomic E-state index is 12.8. The number of aliphatic imine (C=N–C) groups is 1. The van der Waals surface area contributed by atoms with Crippen LogP contribution in [-0.2, 0) is 16.8 Å². The van der Waals surface area contributed by atoms with E-state index >= 15 is 0 Å². The van der Waals surface area contributed by atoms with Gasteiger partial charge in [-0.05, 0) is 18.3 Å². The lowest BCUT2D eigenvalue weighted by Crippen LogP contribution is -2.55. The van der Waals surface area contributed by atoms with Crippen molar-refractivity contribution in [2.24, 2.45) is 16.8 Å². The molecule has 0 saturated carbocycles. The topological polar surface area (TPSA) is 64.1 Å². The van der Waals surface area contributed by atoms with Crippen molar-refractivity contribution in [3.05, 3.63) is 16.1 Å². The Bertz CT molecular complexity index is 752. The van der Waals surface area contributed by atoms with E-state index in [1.807, 2.05) is 7.05 Å². The fourth-order valence-corrected chi connectivity index (χ4v) is 5.46. The second-order valence-corrected chi connectivity index (χ2v) is 11.2. The molecule has 0 aliphatic carbocycles. The molecular weight excluding hydrogens is 408 g/mol. The van der Waals surface area contributed by atoms with E-state index in [0.717, 1.165) is 55.9 Å². The number of nitrogens with zero attached hydrogens (tertiary/aromatic N) is 5. The first-order valence-electron chi connectivity index (χ1n) is 11.6. The first kappa shape index (κ1) is 24.0. The van der Waals surface area contributed by atoms with Crippen molar-refractivity contribution in [1.82, 2.24) is 25.0 Å². The van der Waals surface area contributed by atoms with E-state index in [-0.39, 0.29) is 11.3 Å². The summed E-state index contributed by atoms with van der Waals surface area (Å²) in [6.07, 6.45) is 1.23. The Kier molecular flexibility index (Phi) is 7.97. The zero-order valence-corrected chi connectivity index (χ0v) is 21.0. The van der Waals surface area contributed by atoms with Gasteiger partial charge in [-0.1, -0.05) is 34.6 Å². The van der Waals surface area contributed by atoms with Crippen LogP contribution in [-0.4, -0.2) is 84.4 Å². The standard InChI is InChI=1S/C23H40N6OS/c1-17-11-18(2)14-29(13-17)21(30)15-27-7-9-28(10-8-27)22(24-6)25-12-20-26-19(16-31-20)23(3,4)5/h16-18H,7-15H2,1-6H3,(H,24,25). The van der Waals surface area contributed by atoms with Gasteiger partial charge in [0.15, 0.2) is 5.96 Å². The van der Waals surface area contributed by atoms with Crippen molar-refractivity contribution in [1.29, 1.82) is 0 Å². The summed E-state index contributed by atoms with van der Waals surface area (Å²) in [6.45, 7) is 17.7. The van der Waals surface area contributed by atoms with Crippen molar-refractivity contribution in [3.63, 3.8) is 0 Å². The number of guanidine groups is 1. The van der Waals surface area contributed by atoms with Crippen LogP contribution in [0.1, 0.15) is 51.7 Å². The van der Waals surface area contributed by atoms with Gasteiger partial charge in [-0.15, -0.1) is 11.3 Å². The zero-order valence-electron chi connectivity index (χ0n) is 20.1. The molecule has 2 aliphatic rings. The molecule has 0 radical (unpaired) electrons. The molecule has 2 aliphatic heterocycles. The Balaban J connectivity index is 1.44. The van der Waals surface area contributed by atoms with Crippen LogP contribution in [0.3, 0.4) is 0 Å². The number of nitrogens with one attached hydrogen (secondary N) is 1. The molecule has 2 atom stereocenters. The molecule has 2 saturated heterocycles. The minimum atomic E-state index is 0.0778. The minimum Gasteiger partial charge on any atom is -0.350 e. The van der Waals surface area contributed by atoms with Gasteiger partial charge in [-0.25, -0.2) is 4.98 Å². The Morgan fingerprint density at radius 1 is 1.16 bits per heavy atom. The smallest absolute Gasteiger partial charge is 0.236 e. The summed E-state index contributed by atoms with van der Waals surface area (Å²) in [5.74, 6) is 2.41. The molecule has 1 N–H and O–H groups in total. The maximum Gasteiger partial charge on any atom is 0.236 e. The number of aromatic nitrogens is 1. The highest BCUT2D eigenvalue weighted by molar-refractivity contribution is 7.09. The highest BCUT2D eigenvalue weighted by atomic mass is 32.1. The second kappa shape index (κ2) is 10.3. The van der Waals surface area contributed by atoms with E-state index in [1.54, 1.807) is 11.3 Å². The molecule has 0 bridgehead atoms. The number of carbonyl (C=O) groups excluding carboxylic acids is 1. The normalized spacial score (nSPS) is 23.9. The van der Waals surface area contributed by atoms with Gasteiger partial charge < -0.3 is 15.1 Å². The van der Waals surface area contributed by atoms with Crippen molar-refractivity contribution in [2.75, 3.05) is 52.9 Å². The summed E-state index contributed by atoms with van der Waals surface area (Å²) in [4.78, 5) is 28.7. The fraction of sp³-hybridized carbons (Fsp3) is 0.783. The van der Waals surface area contributed by atoms with Gasteiger partial charge in [0.05, 0.1) is 18.8 Å². The Hall–Kier alpha value is -1.67. The monoisotopic (exact) mass is 448 g/mol. The quantitative estimate of drug-likeness (QED) is 0.567. The molecule has 8 heteroatoms. The number of piperazine rings is 1. The summed E-state index contributed by atoms with van der Waals surface area (Å²) in [6, 6.07) is 0. The number of amides is 1. The first-order valence-corrected chi connectivity index (χ1v) is 12.4. The molecule has 3 rings (SSSR count). The van der Waals surface area contributed by atoms with Gasteiger partial charge in [0, 0.05) is 57.1 Å². The third-order valence-electron chi connectivity index (χ3n) is 6.18. The lowest BCUT2D eigenvalue weighted by Gasteiger charge is -2.39. The van der Waals surface area contributed by atoms with Crippen LogP contribution >= 0.6 is 11.3 Å². The predicted octanol–water partition coefficient (Wildman–Crippen LogP) is 2.64. The Morgan fingerprint density at radius 3 is 2.35 bits per heavy atom. The second-order valence-electron chi connectivity index (χ2n) is 10.3. The average molecular weight is 449 g/mol. The van der Waals surface area contributed by atoms with Crippen LogP contribution < -0.4 is 5.32 Å². The van der Waals surface area contributed by atoms with Crippen LogP contribution in [0.25, 0.3) is 0 Å². The van der Waals surface area contributed by atoms with Crippen LogP contribution in [0.4, 0.5) is 0 Å². The zero-order chi connectivity index (χ0) is 22.6. The van der Waals surface area contributed by atoms with Crippen molar-refractivity contribution >= 4 is 23.2 Å². The van der Waals surface area contributed by atoms with E-state index in [1.165, 1.54) is 6.42 Å². The molecule has 3 heterocycles. The van der Waals surface area contributed by atoms with Gasteiger partial charge in [0.2, 0.25) is 5.91 Å². The van der Waals surface area contributed by atoms with Crippen LogP contribution in [0.15, 0.2) is 10.4 Å². The summed E-state index contributed by atoms with van der Waals surface area (Å²) < 4.78 is 0. The third-order valence-corrected chi connectivity index (χ3v) is 7.03. The molecular formula is C23H40N6OS. The van der Waals surface area contributed by atoms with Gasteiger partial charge >= 0.3 is 0 Å². The van der Waals surface area contributed by atoms with Crippen molar-refractivity contribution < 1.29 is 4.79 Å². The maximum atomic E-state index is 12.8. The number of likely N-dealkylation sites (tertiary alicyclic amines) is 1. The highest BCUT2D eigenvalue weighted by Crippen LogP contribution is 2.24. The minimum absolute atomic E-state index is 0.0778. The lowest BCUT2D eigenvalue weighted by atomic mass is 9.92. The molecule has 174 valence electrons. The number of piperidine rings is 1.